The van der Waals surface area contributed by atoms with Crippen LogP contribution in [-0.4, -0.2) is 130 Å². The molecule has 0 bridgehead atoms. The second-order valence-corrected chi connectivity index (χ2v) is 19.3. The van der Waals surface area contributed by atoms with E-state index in [9.17, 15) is 44.4 Å². The minimum Gasteiger partial charge on any atom is -0.461 e. The number of rotatable bonds is 24. The first-order chi connectivity index (χ1) is 30.7. The van der Waals surface area contributed by atoms with Crippen molar-refractivity contribution in [3.8, 4) is 0 Å². The molecule has 3 fully saturated rings. The fraction of sp³-hybridized carbons (Fsp3) is 0.745. The maximum Gasteiger partial charge on any atom is 0.329 e. The Bertz CT molecular complexity index is 1690. The lowest BCUT2D eigenvalue weighted by Crippen LogP contribution is -2.60. The lowest BCUT2D eigenvalue weighted by atomic mass is 9.79. The highest BCUT2D eigenvalue weighted by Crippen LogP contribution is 2.37. The minimum absolute atomic E-state index is 0.0210. The van der Waals surface area contributed by atoms with Crippen molar-refractivity contribution in [3.05, 3.63) is 47.6 Å². The van der Waals surface area contributed by atoms with Gasteiger partial charge in [-0.05, 0) is 113 Å². The second kappa shape index (κ2) is 26.8. The second-order valence-electron chi connectivity index (χ2n) is 19.3. The molecule has 15 atom stereocenters. The molecule has 368 valence electrons. The summed E-state index contributed by atoms with van der Waals surface area (Å²) in [5, 5.41) is 42.7. The molecule has 2 aliphatic heterocycles. The first-order valence-electron chi connectivity index (χ1n) is 24.0. The lowest BCUT2D eigenvalue weighted by Gasteiger charge is -2.42. The van der Waals surface area contributed by atoms with Crippen LogP contribution in [-0.2, 0) is 42.9 Å². The number of hydrogen-bond donors (Lipinski definition) is 4. The minimum atomic E-state index is -2.39. The Hall–Kier alpha value is -3.37. The number of allylic oxidation sites excluding steroid dienone is 6. The number of piperidine rings is 1. The maximum atomic E-state index is 14.0. The molecule has 0 aromatic carbocycles. The molecule has 3 rings (SSSR count). The Labute approximate surface area is 387 Å². The molecule has 12 unspecified atom stereocenters. The van der Waals surface area contributed by atoms with E-state index in [-0.39, 0.29) is 41.9 Å². The number of carbonyl (C=O) groups excluding carboxylic acids is 5. The van der Waals surface area contributed by atoms with Gasteiger partial charge in [0, 0.05) is 44.9 Å². The first-order valence-corrected chi connectivity index (χ1v) is 24.0. The first kappa shape index (κ1) is 56.0. The molecule has 65 heavy (non-hydrogen) atoms. The van der Waals surface area contributed by atoms with Crippen molar-refractivity contribution >= 4 is 29.7 Å². The normalized spacial score (nSPS) is 29.7. The van der Waals surface area contributed by atoms with Crippen LogP contribution < -0.4 is 0 Å². The van der Waals surface area contributed by atoms with Gasteiger partial charge in [-0.2, -0.15) is 0 Å². The average molecular weight is 916 g/mol. The van der Waals surface area contributed by atoms with Gasteiger partial charge in [0.1, 0.15) is 30.6 Å². The van der Waals surface area contributed by atoms with Crippen LogP contribution in [0.5, 0.6) is 0 Å². The van der Waals surface area contributed by atoms with Gasteiger partial charge in [-0.3, -0.25) is 14.4 Å². The van der Waals surface area contributed by atoms with Gasteiger partial charge < -0.3 is 49.1 Å². The number of methoxy groups -OCH3 is 2. The molecule has 14 nitrogen and oxygen atoms in total. The van der Waals surface area contributed by atoms with Crippen LogP contribution in [0.25, 0.3) is 0 Å². The van der Waals surface area contributed by atoms with Gasteiger partial charge in [0.25, 0.3) is 11.7 Å². The van der Waals surface area contributed by atoms with Gasteiger partial charge in [-0.1, -0.05) is 78.0 Å². The molecular formula is C51H81NO13. The lowest BCUT2D eigenvalue weighted by molar-refractivity contribution is -0.265. The summed E-state index contributed by atoms with van der Waals surface area (Å²) in [7, 11) is 2.96. The summed E-state index contributed by atoms with van der Waals surface area (Å²) in [6.07, 6.45) is 13.3. The van der Waals surface area contributed by atoms with Crippen LogP contribution in [0.15, 0.2) is 47.6 Å². The zero-order valence-electron chi connectivity index (χ0n) is 40.7. The molecule has 0 radical (unpaired) electrons. The molecule has 1 amide bonds. The topological polar surface area (TPSA) is 206 Å². The molecule has 0 aromatic heterocycles. The predicted molar refractivity (Wildman–Crippen MR) is 247 cm³/mol. The number of aliphatic hydroxyl groups excluding tert-OH is 3. The quantitative estimate of drug-likeness (QED) is 0.0282. The monoisotopic (exact) mass is 916 g/mol. The summed E-state index contributed by atoms with van der Waals surface area (Å²) in [5.41, 5.74) is 1.38. The Morgan fingerprint density at radius 2 is 1.60 bits per heavy atom. The van der Waals surface area contributed by atoms with E-state index in [1.165, 1.54) is 12.0 Å². The van der Waals surface area contributed by atoms with Crippen LogP contribution in [0, 0.1) is 35.5 Å². The molecule has 1 saturated carbocycles. The third-order valence-corrected chi connectivity index (χ3v) is 13.9. The summed E-state index contributed by atoms with van der Waals surface area (Å²) >= 11 is 0. The van der Waals surface area contributed by atoms with Gasteiger partial charge in [0.2, 0.25) is 5.79 Å². The number of carbonyl (C=O) groups is 5. The van der Waals surface area contributed by atoms with E-state index >= 15 is 0 Å². The van der Waals surface area contributed by atoms with Crippen LogP contribution >= 0.6 is 0 Å². The smallest absolute Gasteiger partial charge is 0.329 e. The molecule has 14 heteroatoms. The molecule has 0 spiro atoms. The van der Waals surface area contributed by atoms with Crippen LogP contribution in [0.4, 0.5) is 0 Å². The van der Waals surface area contributed by atoms with E-state index in [1.54, 1.807) is 34.0 Å². The summed E-state index contributed by atoms with van der Waals surface area (Å²) in [5.74, 6) is -6.47. The van der Waals surface area contributed by atoms with Gasteiger partial charge in [0.15, 0.2) is 5.78 Å². The molecule has 3 aliphatic rings. The molecule has 2 saturated heterocycles. The number of likely N-dealkylation sites (tertiary alicyclic amines) is 1. The van der Waals surface area contributed by atoms with Gasteiger partial charge in [-0.15, -0.1) is 0 Å². The van der Waals surface area contributed by atoms with Crippen molar-refractivity contribution in [2.75, 3.05) is 20.8 Å². The molecule has 1 aliphatic carbocycles. The number of ketones is 2. The molecular weight excluding hydrogens is 835 g/mol. The number of hydrogen-bond acceptors (Lipinski definition) is 13. The summed E-state index contributed by atoms with van der Waals surface area (Å²) in [6, 6.07) is -0.970. The van der Waals surface area contributed by atoms with Crippen LogP contribution in [0.3, 0.4) is 0 Å². The number of aldehydes is 1. The number of nitrogens with zero attached hydrogens (tertiary/aromatic N) is 1. The summed E-state index contributed by atoms with van der Waals surface area (Å²) in [4.78, 5) is 67.2. The van der Waals surface area contributed by atoms with Crippen molar-refractivity contribution < 1.29 is 63.3 Å². The number of amides is 1. The van der Waals surface area contributed by atoms with E-state index in [0.29, 0.717) is 69.8 Å². The maximum absolute atomic E-state index is 14.0. The van der Waals surface area contributed by atoms with Crippen molar-refractivity contribution in [1.82, 2.24) is 4.90 Å². The largest absolute Gasteiger partial charge is 0.461 e. The van der Waals surface area contributed by atoms with E-state index in [1.807, 2.05) is 65.0 Å². The van der Waals surface area contributed by atoms with Crippen molar-refractivity contribution in [1.29, 1.82) is 0 Å². The van der Waals surface area contributed by atoms with Gasteiger partial charge in [0.05, 0.1) is 24.4 Å². The SMILES string of the molecule is CCC(OC(=O)[C@@H]1CCCCN1C(=O)C(=O)C1(O)OC(CC(OC)/C(C)=C/C=C/C=C/C(C)C[C@@H](C)C(=O)C(OC)C(O)/C(C)=C/C(C)C=O)CC[C@H]1C)C(C)CC1CCC(O)C(O)C1. The fourth-order valence-corrected chi connectivity index (χ4v) is 9.71. The third kappa shape index (κ3) is 15.9. The number of Topliss-reactive ketones (excluding diaryl/α,β-unsaturated/α-hetero) is 2. The fourth-order valence-electron chi connectivity index (χ4n) is 9.71. The highest BCUT2D eigenvalue weighted by molar-refractivity contribution is 6.39. The predicted octanol–water partition coefficient (Wildman–Crippen LogP) is 6.16. The number of esters is 1. The summed E-state index contributed by atoms with van der Waals surface area (Å²) < 4.78 is 23.4. The standard InChI is InChI=1S/C51H81NO13/c1-11-43(34(5)27-38-21-23-41(54)42(55)28-38)64-50(60)40-19-15-16-24-52(40)49(59)48(58)51(61)37(8)20-22-39(65-51)29-44(62-9)33(4)18-14-12-13-17-31(2)25-35(6)45(56)47(63-10)46(57)36(7)26-32(3)30-53/h12-14,17-18,26,30-32,34-35,37-44,46-47,54-55,57,61H,11,15-16,19-25,27-29H2,1-10H3/b14-12+,17-13+,33-18+,36-26+/t31?,32?,34?,35-,37-,38?,39?,40+,41?,42?,43?,44?,46?,47?,51?/m1/s1. The third-order valence-electron chi connectivity index (χ3n) is 13.9. The highest BCUT2D eigenvalue weighted by Gasteiger charge is 2.53. The number of ether oxygens (including phenoxy) is 4. The van der Waals surface area contributed by atoms with Gasteiger partial charge >= 0.3 is 5.97 Å². The van der Waals surface area contributed by atoms with Crippen molar-refractivity contribution in [2.24, 2.45) is 35.5 Å². The van der Waals surface area contributed by atoms with Crippen molar-refractivity contribution in [3.63, 3.8) is 0 Å². The zero-order valence-corrected chi connectivity index (χ0v) is 40.7. The average Bonchev–Trinajstić information content (AvgIpc) is 3.28. The molecule has 0 aromatic rings. The zero-order chi connectivity index (χ0) is 48.6. The highest BCUT2D eigenvalue weighted by atomic mass is 16.6. The Morgan fingerprint density at radius 3 is 2.23 bits per heavy atom. The Balaban J connectivity index is 1.59. The Morgan fingerprint density at radius 1 is 0.892 bits per heavy atom. The van der Waals surface area contributed by atoms with Crippen LogP contribution in [0.1, 0.15) is 132 Å². The van der Waals surface area contributed by atoms with Gasteiger partial charge in [-0.25, -0.2) is 4.79 Å². The Kier molecular flexibility index (Phi) is 23.1. The van der Waals surface area contributed by atoms with E-state index < -0.39 is 78.1 Å². The van der Waals surface area contributed by atoms with E-state index in [0.717, 1.165) is 24.7 Å². The van der Waals surface area contributed by atoms with E-state index in [2.05, 4.69) is 0 Å². The number of aliphatic hydroxyl groups is 4. The summed E-state index contributed by atoms with van der Waals surface area (Å²) in [6.45, 7) is 14.9. The molecule has 2 heterocycles. The molecule has 4 N–H and O–H groups in total. The van der Waals surface area contributed by atoms with E-state index in [4.69, 9.17) is 18.9 Å². The van der Waals surface area contributed by atoms with Crippen LogP contribution in [0.2, 0.25) is 0 Å². The van der Waals surface area contributed by atoms with Crippen molar-refractivity contribution in [2.45, 2.75) is 187 Å².